The van der Waals surface area contributed by atoms with E-state index in [1.165, 1.54) is 19.1 Å². The van der Waals surface area contributed by atoms with Crippen molar-refractivity contribution in [3.05, 3.63) is 59.7 Å². The van der Waals surface area contributed by atoms with Gasteiger partial charge in [-0.15, -0.1) is 0 Å². The number of amides is 3. The van der Waals surface area contributed by atoms with Crippen molar-refractivity contribution < 1.29 is 23.9 Å². The molecule has 0 aliphatic carbocycles. The number of hydrogen-bond acceptors (Lipinski definition) is 5. The summed E-state index contributed by atoms with van der Waals surface area (Å²) in [5, 5.41) is 2.69. The van der Waals surface area contributed by atoms with Crippen LogP contribution in [0.1, 0.15) is 35.7 Å². The SMILES string of the molecule is Cc1cccc(NC(=O)[C@@H](C)OC(=O)c2cccc(N3C(=O)CCC3=O)c2)c1. The molecule has 1 aliphatic rings. The summed E-state index contributed by atoms with van der Waals surface area (Å²) in [6, 6.07) is 13.3. The minimum Gasteiger partial charge on any atom is -0.449 e. The van der Waals surface area contributed by atoms with E-state index in [1.54, 1.807) is 24.3 Å². The minimum atomic E-state index is -1.02. The van der Waals surface area contributed by atoms with Crippen LogP contribution in [0.5, 0.6) is 0 Å². The molecule has 0 spiro atoms. The van der Waals surface area contributed by atoms with E-state index in [9.17, 15) is 19.2 Å². The van der Waals surface area contributed by atoms with Crippen LogP contribution >= 0.6 is 0 Å². The predicted molar refractivity (Wildman–Crippen MR) is 103 cm³/mol. The first-order valence-electron chi connectivity index (χ1n) is 8.89. The van der Waals surface area contributed by atoms with E-state index in [-0.39, 0.29) is 30.2 Å². The second-order valence-electron chi connectivity index (χ2n) is 6.58. The highest BCUT2D eigenvalue weighted by atomic mass is 16.5. The molecule has 0 aromatic heterocycles. The molecule has 3 rings (SSSR count). The maximum Gasteiger partial charge on any atom is 0.338 e. The summed E-state index contributed by atoms with van der Waals surface area (Å²) in [4.78, 5) is 49.5. The zero-order valence-corrected chi connectivity index (χ0v) is 15.6. The molecule has 0 unspecified atom stereocenters. The Kier molecular flexibility index (Phi) is 5.54. The Morgan fingerprint density at radius 2 is 1.71 bits per heavy atom. The number of anilines is 2. The molecule has 0 saturated carbocycles. The second-order valence-corrected chi connectivity index (χ2v) is 6.58. The topological polar surface area (TPSA) is 92.8 Å². The molecule has 144 valence electrons. The number of esters is 1. The summed E-state index contributed by atoms with van der Waals surface area (Å²) in [5.74, 6) is -1.78. The quantitative estimate of drug-likeness (QED) is 0.636. The van der Waals surface area contributed by atoms with E-state index >= 15 is 0 Å². The number of imide groups is 1. The maximum absolute atomic E-state index is 12.4. The van der Waals surface area contributed by atoms with E-state index in [2.05, 4.69) is 5.32 Å². The number of carbonyl (C=O) groups is 4. The number of nitrogens with one attached hydrogen (secondary N) is 1. The number of benzene rings is 2. The number of ether oxygens (including phenoxy) is 1. The third-order valence-electron chi connectivity index (χ3n) is 4.33. The normalized spacial score (nSPS) is 14.7. The fourth-order valence-electron chi connectivity index (χ4n) is 2.89. The van der Waals surface area contributed by atoms with Crippen LogP contribution in [0, 0.1) is 6.92 Å². The van der Waals surface area contributed by atoms with Crippen molar-refractivity contribution in [2.75, 3.05) is 10.2 Å². The molecule has 1 heterocycles. The Balaban J connectivity index is 1.67. The predicted octanol–water partition coefficient (Wildman–Crippen LogP) is 2.83. The highest BCUT2D eigenvalue weighted by Gasteiger charge is 2.30. The zero-order valence-electron chi connectivity index (χ0n) is 15.6. The summed E-state index contributed by atoms with van der Waals surface area (Å²) in [6.07, 6.45) is -0.709. The number of nitrogens with zero attached hydrogens (tertiary/aromatic N) is 1. The van der Waals surface area contributed by atoms with Crippen molar-refractivity contribution in [1.82, 2.24) is 0 Å². The summed E-state index contributed by atoms with van der Waals surface area (Å²) in [7, 11) is 0. The van der Waals surface area contributed by atoms with Crippen molar-refractivity contribution >= 4 is 35.1 Å². The van der Waals surface area contributed by atoms with Crippen molar-refractivity contribution in [2.24, 2.45) is 0 Å². The van der Waals surface area contributed by atoms with Crippen LogP contribution in [0.4, 0.5) is 11.4 Å². The van der Waals surface area contributed by atoms with Crippen LogP contribution < -0.4 is 10.2 Å². The summed E-state index contributed by atoms with van der Waals surface area (Å²) >= 11 is 0. The Hall–Kier alpha value is -3.48. The monoisotopic (exact) mass is 380 g/mol. The lowest BCUT2D eigenvalue weighted by molar-refractivity contribution is -0.124. The molecule has 7 nitrogen and oxygen atoms in total. The minimum absolute atomic E-state index is 0.153. The fourth-order valence-corrected chi connectivity index (χ4v) is 2.89. The van der Waals surface area contributed by atoms with Gasteiger partial charge in [-0.05, 0) is 49.7 Å². The first-order valence-corrected chi connectivity index (χ1v) is 8.89. The van der Waals surface area contributed by atoms with Gasteiger partial charge in [-0.1, -0.05) is 18.2 Å². The van der Waals surface area contributed by atoms with Crippen molar-refractivity contribution in [3.8, 4) is 0 Å². The van der Waals surface area contributed by atoms with Gasteiger partial charge in [0.05, 0.1) is 11.3 Å². The summed E-state index contributed by atoms with van der Waals surface area (Å²) in [6.45, 7) is 3.38. The Morgan fingerprint density at radius 1 is 1.04 bits per heavy atom. The molecule has 7 heteroatoms. The number of rotatable bonds is 5. The van der Waals surface area contributed by atoms with Gasteiger partial charge in [0.25, 0.3) is 5.91 Å². The van der Waals surface area contributed by atoms with Gasteiger partial charge in [0, 0.05) is 18.5 Å². The Morgan fingerprint density at radius 3 is 2.39 bits per heavy atom. The van der Waals surface area contributed by atoms with Crippen LogP contribution in [0.3, 0.4) is 0 Å². The Labute approximate surface area is 162 Å². The van der Waals surface area contributed by atoms with Crippen LogP contribution in [0.15, 0.2) is 48.5 Å². The fraction of sp³-hybridized carbons (Fsp3) is 0.238. The summed E-state index contributed by atoms with van der Waals surface area (Å²) in [5.41, 5.74) is 2.07. The molecular formula is C21H20N2O5. The van der Waals surface area contributed by atoms with Crippen molar-refractivity contribution in [1.29, 1.82) is 0 Å². The van der Waals surface area contributed by atoms with Crippen LogP contribution in [0.2, 0.25) is 0 Å². The molecule has 1 aliphatic heterocycles. The van der Waals surface area contributed by atoms with Crippen molar-refractivity contribution in [3.63, 3.8) is 0 Å². The highest BCUT2D eigenvalue weighted by Crippen LogP contribution is 2.24. The van der Waals surface area contributed by atoms with Gasteiger partial charge in [0.2, 0.25) is 11.8 Å². The lowest BCUT2D eigenvalue weighted by atomic mass is 10.2. The molecule has 2 aromatic rings. The average molecular weight is 380 g/mol. The zero-order chi connectivity index (χ0) is 20.3. The van der Waals surface area contributed by atoms with E-state index in [4.69, 9.17) is 4.74 Å². The van der Waals surface area contributed by atoms with Crippen LogP contribution in [-0.2, 0) is 19.1 Å². The third-order valence-corrected chi connectivity index (χ3v) is 4.33. The molecule has 0 bridgehead atoms. The van der Waals surface area contributed by atoms with Gasteiger partial charge in [-0.3, -0.25) is 19.3 Å². The Bertz CT molecular complexity index is 937. The summed E-state index contributed by atoms with van der Waals surface area (Å²) < 4.78 is 5.23. The highest BCUT2D eigenvalue weighted by molar-refractivity contribution is 6.20. The van der Waals surface area contributed by atoms with Crippen LogP contribution in [-0.4, -0.2) is 29.8 Å². The van der Waals surface area contributed by atoms with E-state index in [0.29, 0.717) is 11.4 Å². The number of carbonyl (C=O) groups excluding carboxylic acids is 4. The largest absolute Gasteiger partial charge is 0.449 e. The molecule has 28 heavy (non-hydrogen) atoms. The second kappa shape index (κ2) is 8.04. The van der Waals surface area contributed by atoms with Crippen LogP contribution in [0.25, 0.3) is 0 Å². The molecule has 3 amide bonds. The first kappa shape index (κ1) is 19.3. The van der Waals surface area contributed by atoms with Gasteiger partial charge >= 0.3 is 5.97 Å². The maximum atomic E-state index is 12.4. The molecule has 1 fully saturated rings. The smallest absolute Gasteiger partial charge is 0.338 e. The van der Waals surface area contributed by atoms with E-state index in [0.717, 1.165) is 10.5 Å². The lowest BCUT2D eigenvalue weighted by Crippen LogP contribution is -2.30. The van der Waals surface area contributed by atoms with Gasteiger partial charge in [-0.2, -0.15) is 0 Å². The van der Waals surface area contributed by atoms with E-state index in [1.807, 2.05) is 19.1 Å². The number of hydrogen-bond donors (Lipinski definition) is 1. The third kappa shape index (κ3) is 4.25. The molecule has 1 atom stereocenters. The van der Waals surface area contributed by atoms with Gasteiger partial charge in [-0.25, -0.2) is 4.79 Å². The van der Waals surface area contributed by atoms with Gasteiger partial charge in [0.1, 0.15) is 0 Å². The van der Waals surface area contributed by atoms with Gasteiger partial charge in [0.15, 0.2) is 6.10 Å². The molecule has 1 N–H and O–H groups in total. The molecular weight excluding hydrogens is 360 g/mol. The molecule has 2 aromatic carbocycles. The van der Waals surface area contributed by atoms with Gasteiger partial charge < -0.3 is 10.1 Å². The lowest BCUT2D eigenvalue weighted by Gasteiger charge is -2.16. The first-order chi connectivity index (χ1) is 13.3. The van der Waals surface area contributed by atoms with Crippen molar-refractivity contribution in [2.45, 2.75) is 32.8 Å². The standard InChI is InChI=1S/C21H20N2O5/c1-13-5-3-7-16(11-13)22-20(26)14(2)28-21(27)15-6-4-8-17(12-15)23-18(24)9-10-19(23)25/h3-8,11-12,14H,9-10H2,1-2H3,(H,22,26)/t14-/m1/s1. The number of aryl methyl sites for hydroxylation is 1. The molecule has 1 saturated heterocycles. The average Bonchev–Trinajstić information content (AvgIpc) is 3.00. The van der Waals surface area contributed by atoms with E-state index < -0.39 is 18.0 Å². The molecule has 0 radical (unpaired) electrons.